The Morgan fingerprint density at radius 3 is 2.47 bits per heavy atom. The van der Waals surface area contributed by atoms with Gasteiger partial charge in [0, 0.05) is 38.7 Å². The Balaban J connectivity index is 1.64. The lowest BCUT2D eigenvalue weighted by Gasteiger charge is -2.58. The molecule has 0 N–H and O–H groups in total. The third-order valence-electron chi connectivity index (χ3n) is 3.03. The summed E-state index contributed by atoms with van der Waals surface area (Å²) in [4.78, 5) is 15.5. The van der Waals surface area contributed by atoms with Crippen LogP contribution in [0.1, 0.15) is 0 Å². The first-order valence-electron chi connectivity index (χ1n) is 5.24. The minimum absolute atomic E-state index is 0.202. The van der Waals surface area contributed by atoms with E-state index in [0.717, 1.165) is 26.2 Å². The van der Waals surface area contributed by atoms with Crippen molar-refractivity contribution in [2.45, 2.75) is 0 Å². The third-order valence-corrected chi connectivity index (χ3v) is 3.03. The molecule has 5 heteroatoms. The zero-order valence-corrected chi connectivity index (χ0v) is 9.36. The fourth-order valence-electron chi connectivity index (χ4n) is 2.49. The number of hydrogen-bond acceptors (Lipinski definition) is 4. The quantitative estimate of drug-likeness (QED) is 0.621. The number of ether oxygens (including phenoxy) is 2. The number of hydrogen-bond donors (Lipinski definition) is 0. The lowest BCUT2D eigenvalue weighted by molar-refractivity contribution is -0.0955. The minimum atomic E-state index is -0.202. The van der Waals surface area contributed by atoms with Crippen molar-refractivity contribution < 1.29 is 14.3 Å². The first kappa shape index (κ1) is 10.7. The first-order valence-corrected chi connectivity index (χ1v) is 5.24. The highest BCUT2D eigenvalue weighted by Gasteiger charge is 2.52. The Bertz CT molecular complexity index is 243. The highest BCUT2D eigenvalue weighted by atomic mass is 16.6. The van der Waals surface area contributed by atoms with E-state index in [4.69, 9.17) is 9.47 Å². The number of carbonyl (C=O) groups is 1. The second-order valence-electron chi connectivity index (χ2n) is 4.64. The minimum Gasteiger partial charge on any atom is -0.447 e. The highest BCUT2D eigenvalue weighted by molar-refractivity contribution is 5.69. The molecule has 0 aromatic rings. The molecule has 0 atom stereocenters. The summed E-state index contributed by atoms with van der Waals surface area (Å²) in [6.45, 7) is 4.72. The number of nitrogens with zero attached hydrogens (tertiary/aromatic N) is 2. The van der Waals surface area contributed by atoms with Crippen LogP contribution >= 0.6 is 0 Å². The molecule has 2 aliphatic rings. The topological polar surface area (TPSA) is 42.0 Å². The SMILES string of the molecule is COCCOC(=O)N1CC2(CN(C)C2)C1. The molecule has 0 aliphatic carbocycles. The van der Waals surface area contributed by atoms with Gasteiger partial charge in [-0.15, -0.1) is 0 Å². The van der Waals surface area contributed by atoms with Gasteiger partial charge < -0.3 is 19.3 Å². The first-order chi connectivity index (χ1) is 7.15. The van der Waals surface area contributed by atoms with Crippen LogP contribution in [-0.4, -0.2) is 69.4 Å². The van der Waals surface area contributed by atoms with Crippen LogP contribution in [0.2, 0.25) is 0 Å². The molecule has 0 radical (unpaired) electrons. The maximum atomic E-state index is 11.4. The van der Waals surface area contributed by atoms with Crippen LogP contribution in [0.3, 0.4) is 0 Å². The Kier molecular flexibility index (Phi) is 2.84. The van der Waals surface area contributed by atoms with Gasteiger partial charge in [-0.2, -0.15) is 0 Å². The number of amides is 1. The molecule has 0 aromatic carbocycles. The van der Waals surface area contributed by atoms with Gasteiger partial charge in [0.1, 0.15) is 6.61 Å². The van der Waals surface area contributed by atoms with E-state index in [1.807, 2.05) is 0 Å². The molecule has 5 nitrogen and oxygen atoms in total. The molecule has 0 aromatic heterocycles. The summed E-state index contributed by atoms with van der Waals surface area (Å²) in [5.41, 5.74) is 0.384. The van der Waals surface area contributed by atoms with Crippen molar-refractivity contribution in [3.8, 4) is 0 Å². The Morgan fingerprint density at radius 2 is 1.93 bits per heavy atom. The van der Waals surface area contributed by atoms with Gasteiger partial charge in [-0.3, -0.25) is 0 Å². The number of methoxy groups -OCH3 is 1. The van der Waals surface area contributed by atoms with Gasteiger partial charge in [-0.1, -0.05) is 0 Å². The van der Waals surface area contributed by atoms with Crippen LogP contribution in [0, 0.1) is 5.41 Å². The molecule has 2 heterocycles. The maximum absolute atomic E-state index is 11.4. The molecule has 0 bridgehead atoms. The van der Waals surface area contributed by atoms with Crippen molar-refractivity contribution in [2.24, 2.45) is 5.41 Å². The predicted molar refractivity (Wildman–Crippen MR) is 54.7 cm³/mol. The summed E-state index contributed by atoms with van der Waals surface area (Å²) in [5.74, 6) is 0. The van der Waals surface area contributed by atoms with Crippen molar-refractivity contribution in [1.82, 2.24) is 9.80 Å². The molecule has 1 amide bonds. The van der Waals surface area contributed by atoms with E-state index < -0.39 is 0 Å². The molecule has 1 spiro atoms. The zero-order valence-electron chi connectivity index (χ0n) is 9.36. The van der Waals surface area contributed by atoms with E-state index in [-0.39, 0.29) is 6.09 Å². The lowest BCUT2D eigenvalue weighted by atomic mass is 9.73. The Morgan fingerprint density at radius 1 is 1.27 bits per heavy atom. The highest BCUT2D eigenvalue weighted by Crippen LogP contribution is 2.38. The zero-order chi connectivity index (χ0) is 10.9. The van der Waals surface area contributed by atoms with Gasteiger partial charge in [0.2, 0.25) is 0 Å². The van der Waals surface area contributed by atoms with Crippen molar-refractivity contribution in [1.29, 1.82) is 0 Å². The third kappa shape index (κ3) is 2.08. The van der Waals surface area contributed by atoms with Crippen molar-refractivity contribution in [3.05, 3.63) is 0 Å². The number of carbonyl (C=O) groups excluding carboxylic acids is 1. The summed E-state index contributed by atoms with van der Waals surface area (Å²) in [7, 11) is 3.70. The molecular weight excluding hydrogens is 196 g/mol. The summed E-state index contributed by atoms with van der Waals surface area (Å²) in [6.07, 6.45) is -0.202. The molecule has 86 valence electrons. The van der Waals surface area contributed by atoms with E-state index >= 15 is 0 Å². The average Bonchev–Trinajstić information content (AvgIpc) is 2.09. The van der Waals surface area contributed by atoms with E-state index in [2.05, 4.69) is 11.9 Å². The van der Waals surface area contributed by atoms with Crippen molar-refractivity contribution in [2.75, 3.05) is 53.6 Å². The molecule has 0 unspecified atom stereocenters. The maximum Gasteiger partial charge on any atom is 0.409 e. The second-order valence-corrected chi connectivity index (χ2v) is 4.64. The van der Waals surface area contributed by atoms with E-state index in [0.29, 0.717) is 18.6 Å². The van der Waals surface area contributed by atoms with E-state index in [9.17, 15) is 4.79 Å². The van der Waals surface area contributed by atoms with Crippen molar-refractivity contribution >= 4 is 6.09 Å². The largest absolute Gasteiger partial charge is 0.447 e. The van der Waals surface area contributed by atoms with Crippen LogP contribution in [0.5, 0.6) is 0 Å². The van der Waals surface area contributed by atoms with Crippen LogP contribution in [0.25, 0.3) is 0 Å². The molecule has 2 saturated heterocycles. The summed E-state index contributed by atoms with van der Waals surface area (Å²) in [6, 6.07) is 0. The van der Waals surface area contributed by atoms with Crippen LogP contribution in [0.15, 0.2) is 0 Å². The van der Waals surface area contributed by atoms with Crippen LogP contribution in [0.4, 0.5) is 4.79 Å². The van der Waals surface area contributed by atoms with Gasteiger partial charge in [-0.25, -0.2) is 4.79 Å². The molecule has 0 saturated carbocycles. The summed E-state index contributed by atoms with van der Waals surface area (Å²) in [5, 5.41) is 0. The van der Waals surface area contributed by atoms with E-state index in [1.165, 1.54) is 0 Å². The normalized spacial score (nSPS) is 23.5. The van der Waals surface area contributed by atoms with Gasteiger partial charge in [0.25, 0.3) is 0 Å². The summed E-state index contributed by atoms with van der Waals surface area (Å²) >= 11 is 0. The van der Waals surface area contributed by atoms with E-state index in [1.54, 1.807) is 12.0 Å². The molecule has 15 heavy (non-hydrogen) atoms. The fourth-order valence-corrected chi connectivity index (χ4v) is 2.49. The molecule has 2 rings (SSSR count). The summed E-state index contributed by atoms with van der Waals surface area (Å²) < 4.78 is 9.83. The smallest absolute Gasteiger partial charge is 0.409 e. The Hall–Kier alpha value is -0.810. The lowest BCUT2D eigenvalue weighted by Crippen LogP contribution is -2.72. The van der Waals surface area contributed by atoms with Gasteiger partial charge >= 0.3 is 6.09 Å². The number of likely N-dealkylation sites (tertiary alicyclic amines) is 2. The average molecular weight is 214 g/mol. The second kappa shape index (κ2) is 3.98. The predicted octanol–water partition coefficient (Wildman–Crippen LogP) is 0.0168. The molecule has 2 aliphatic heterocycles. The van der Waals surface area contributed by atoms with Gasteiger partial charge in [0.05, 0.1) is 6.61 Å². The van der Waals surface area contributed by atoms with Crippen molar-refractivity contribution in [3.63, 3.8) is 0 Å². The van der Waals surface area contributed by atoms with Crippen LogP contribution in [-0.2, 0) is 9.47 Å². The monoisotopic (exact) mass is 214 g/mol. The van der Waals surface area contributed by atoms with Gasteiger partial charge in [0.15, 0.2) is 0 Å². The van der Waals surface area contributed by atoms with Crippen LogP contribution < -0.4 is 0 Å². The van der Waals surface area contributed by atoms with Gasteiger partial charge in [-0.05, 0) is 7.05 Å². The standard InChI is InChI=1S/C10H18N2O3/c1-11-5-10(6-11)7-12(8-10)9(13)15-4-3-14-2/h3-8H2,1-2H3. The molecule has 2 fully saturated rings. The Labute approximate surface area is 89.9 Å². The number of rotatable bonds is 3. The molecular formula is C10H18N2O3. The fraction of sp³-hybridized carbons (Fsp3) is 0.900.